The van der Waals surface area contributed by atoms with Gasteiger partial charge in [-0.3, -0.25) is 4.79 Å². The Bertz CT molecular complexity index is 280. The fourth-order valence-electron chi connectivity index (χ4n) is 1.87. The summed E-state index contributed by atoms with van der Waals surface area (Å²) in [5.41, 5.74) is -0.369. The van der Waals surface area contributed by atoms with E-state index in [0.29, 0.717) is 0 Å². The number of methoxy groups -OCH3 is 1. The molecule has 0 unspecified atom stereocenters. The zero-order chi connectivity index (χ0) is 11.7. The highest BCUT2D eigenvalue weighted by molar-refractivity contribution is 6.69. The Morgan fingerprint density at radius 2 is 2.07 bits per heavy atom. The first-order chi connectivity index (χ1) is 6.84. The fourth-order valence-corrected chi connectivity index (χ4v) is 3.30. The van der Waals surface area contributed by atoms with Crippen molar-refractivity contribution in [3.8, 4) is 0 Å². The molecule has 15 heavy (non-hydrogen) atoms. The smallest absolute Gasteiger partial charge is 0.312 e. The summed E-state index contributed by atoms with van der Waals surface area (Å²) in [5, 5.41) is 0. The molecule has 4 heteroatoms. The number of hydrogen-bond donors (Lipinski definition) is 0. The quantitative estimate of drug-likeness (QED) is 0.421. The summed E-state index contributed by atoms with van der Waals surface area (Å²) in [6.45, 7) is 8.34. The maximum Gasteiger partial charge on any atom is 0.312 e. The summed E-state index contributed by atoms with van der Waals surface area (Å²) in [6.07, 6.45) is 4.70. The van der Waals surface area contributed by atoms with E-state index < -0.39 is 8.32 Å². The molecule has 1 aliphatic rings. The van der Waals surface area contributed by atoms with Gasteiger partial charge in [0.25, 0.3) is 0 Å². The monoisotopic (exact) mass is 228 g/mol. The third kappa shape index (κ3) is 2.92. The number of ether oxygens (including phenoxy) is 1. The third-order valence-corrected chi connectivity index (χ3v) is 3.38. The molecule has 0 aromatic carbocycles. The second-order valence-electron chi connectivity index (χ2n) is 4.95. The molecule has 3 nitrogen and oxygen atoms in total. The lowest BCUT2D eigenvalue weighted by molar-refractivity contribution is -0.143. The molecule has 2 atom stereocenters. The van der Waals surface area contributed by atoms with Crippen LogP contribution in [0.5, 0.6) is 0 Å². The molecule has 1 fully saturated rings. The molecule has 0 aliphatic heterocycles. The van der Waals surface area contributed by atoms with E-state index in [4.69, 9.17) is 9.16 Å². The number of hydrogen-bond acceptors (Lipinski definition) is 3. The largest absolute Gasteiger partial charge is 0.469 e. The highest BCUT2D eigenvalue weighted by Crippen LogP contribution is 2.50. The molecule has 1 rings (SSSR count). The predicted octanol–water partition coefficient (Wildman–Crippen LogP) is 2.35. The van der Waals surface area contributed by atoms with Gasteiger partial charge in [-0.1, -0.05) is 12.2 Å². The molecule has 86 valence electrons. The maximum atomic E-state index is 11.4. The van der Waals surface area contributed by atoms with Crippen molar-refractivity contribution in [1.82, 2.24) is 0 Å². The predicted molar refractivity (Wildman–Crippen MR) is 62.1 cm³/mol. The zero-order valence-electron chi connectivity index (χ0n) is 10.2. The minimum atomic E-state index is -1.63. The van der Waals surface area contributed by atoms with Gasteiger partial charge in [-0.25, -0.2) is 0 Å². The van der Waals surface area contributed by atoms with Crippen LogP contribution in [-0.4, -0.2) is 27.0 Å². The highest BCUT2D eigenvalue weighted by atomic mass is 28.4. The first kappa shape index (κ1) is 12.5. The van der Waals surface area contributed by atoms with Crippen LogP contribution in [0.4, 0.5) is 0 Å². The summed E-state index contributed by atoms with van der Waals surface area (Å²) in [5.74, 6) is -0.267. The molecule has 0 heterocycles. The highest BCUT2D eigenvalue weighted by Gasteiger charge is 2.60. The lowest BCUT2D eigenvalue weighted by Crippen LogP contribution is -2.34. The summed E-state index contributed by atoms with van der Waals surface area (Å²) in [6, 6.07) is 0. The zero-order valence-corrected chi connectivity index (χ0v) is 11.2. The van der Waals surface area contributed by atoms with Gasteiger partial charge in [0.15, 0.2) is 8.32 Å². The lowest BCUT2D eigenvalue weighted by Gasteiger charge is -2.24. The Hall–Kier alpha value is -0.613. The Labute approximate surface area is 92.6 Å². The summed E-state index contributed by atoms with van der Waals surface area (Å²) < 4.78 is 10.8. The molecule has 1 aliphatic carbocycles. The average Bonchev–Trinajstić information content (AvgIpc) is 2.75. The lowest BCUT2D eigenvalue weighted by atomic mass is 10.2. The van der Waals surface area contributed by atoms with Crippen molar-refractivity contribution in [2.24, 2.45) is 5.92 Å². The summed E-state index contributed by atoms with van der Waals surface area (Å²) in [4.78, 5) is 11.4. The van der Waals surface area contributed by atoms with Crippen LogP contribution in [0.2, 0.25) is 19.6 Å². The molecular formula is C11H20O3Si. The van der Waals surface area contributed by atoms with Crippen LogP contribution in [0.25, 0.3) is 0 Å². The van der Waals surface area contributed by atoms with E-state index in [0.717, 1.165) is 6.42 Å². The van der Waals surface area contributed by atoms with E-state index in [1.54, 1.807) is 0 Å². The van der Waals surface area contributed by atoms with E-state index in [9.17, 15) is 4.79 Å². The van der Waals surface area contributed by atoms with E-state index in [2.05, 4.69) is 19.6 Å². The van der Waals surface area contributed by atoms with Crippen LogP contribution < -0.4 is 0 Å². The Morgan fingerprint density at radius 1 is 1.47 bits per heavy atom. The van der Waals surface area contributed by atoms with Gasteiger partial charge in [-0.2, -0.15) is 0 Å². The fraction of sp³-hybridized carbons (Fsp3) is 0.727. The second kappa shape index (κ2) is 4.10. The van der Waals surface area contributed by atoms with Gasteiger partial charge in [-0.05, 0) is 33.0 Å². The van der Waals surface area contributed by atoms with Crippen LogP contribution in [0.15, 0.2) is 12.2 Å². The standard InChI is InChI=1S/C11H20O3Si/c1-6-7-11(14-15(3,4)5)8-9(11)10(12)13-2/h6-7,9H,8H2,1-5H3/b7-6+/t9-,11-/m1/s1. The maximum absolute atomic E-state index is 11.4. The van der Waals surface area contributed by atoms with Gasteiger partial charge in [-0.15, -0.1) is 0 Å². The molecule has 0 radical (unpaired) electrons. The first-order valence-electron chi connectivity index (χ1n) is 5.26. The normalized spacial score (nSPS) is 30.6. The van der Waals surface area contributed by atoms with Crippen molar-refractivity contribution in [2.75, 3.05) is 7.11 Å². The number of rotatable bonds is 4. The van der Waals surface area contributed by atoms with Gasteiger partial charge < -0.3 is 9.16 Å². The molecule has 0 saturated heterocycles. The van der Waals surface area contributed by atoms with Crippen molar-refractivity contribution in [1.29, 1.82) is 0 Å². The van der Waals surface area contributed by atoms with E-state index in [-0.39, 0.29) is 17.5 Å². The molecule has 0 spiro atoms. The molecule has 0 aromatic heterocycles. The van der Waals surface area contributed by atoms with E-state index >= 15 is 0 Å². The molecule has 0 bridgehead atoms. The minimum absolute atomic E-state index is 0.106. The van der Waals surface area contributed by atoms with Crippen LogP contribution >= 0.6 is 0 Å². The summed E-state index contributed by atoms with van der Waals surface area (Å²) in [7, 11) is -0.201. The van der Waals surface area contributed by atoms with Gasteiger partial charge in [0, 0.05) is 0 Å². The minimum Gasteiger partial charge on any atom is -0.469 e. The van der Waals surface area contributed by atoms with Crippen molar-refractivity contribution in [2.45, 2.75) is 38.6 Å². The van der Waals surface area contributed by atoms with Crippen molar-refractivity contribution in [3.63, 3.8) is 0 Å². The SMILES string of the molecule is C/C=C/[C@@]1(O[Si](C)(C)C)C[C@@H]1C(=O)OC. The van der Waals surface area contributed by atoms with Gasteiger partial charge in [0.05, 0.1) is 18.6 Å². The molecular weight excluding hydrogens is 208 g/mol. The first-order valence-corrected chi connectivity index (χ1v) is 8.67. The van der Waals surface area contributed by atoms with Crippen LogP contribution in [0.3, 0.4) is 0 Å². The van der Waals surface area contributed by atoms with Crippen LogP contribution in [-0.2, 0) is 14.0 Å². The summed E-state index contributed by atoms with van der Waals surface area (Å²) >= 11 is 0. The van der Waals surface area contributed by atoms with Crippen molar-refractivity contribution in [3.05, 3.63) is 12.2 Å². The Morgan fingerprint density at radius 3 is 2.47 bits per heavy atom. The van der Waals surface area contributed by atoms with E-state index in [1.165, 1.54) is 7.11 Å². The topological polar surface area (TPSA) is 35.5 Å². The molecule has 0 N–H and O–H groups in total. The van der Waals surface area contributed by atoms with Crippen LogP contribution in [0.1, 0.15) is 13.3 Å². The third-order valence-electron chi connectivity index (χ3n) is 2.38. The second-order valence-corrected chi connectivity index (χ2v) is 9.38. The van der Waals surface area contributed by atoms with Gasteiger partial charge in [0.2, 0.25) is 0 Å². The van der Waals surface area contributed by atoms with Crippen LogP contribution in [0, 0.1) is 5.92 Å². The molecule has 0 aromatic rings. The Balaban J connectivity index is 2.74. The molecule has 1 saturated carbocycles. The van der Waals surface area contributed by atoms with Crippen molar-refractivity contribution >= 4 is 14.3 Å². The average molecular weight is 228 g/mol. The molecule has 0 amide bonds. The number of carbonyl (C=O) groups is 1. The number of esters is 1. The number of allylic oxidation sites excluding steroid dienone is 1. The van der Waals surface area contributed by atoms with Gasteiger partial charge >= 0.3 is 5.97 Å². The Kier molecular flexibility index (Phi) is 3.40. The number of carbonyl (C=O) groups excluding carboxylic acids is 1. The van der Waals surface area contributed by atoms with Crippen molar-refractivity contribution < 1.29 is 14.0 Å². The van der Waals surface area contributed by atoms with Gasteiger partial charge in [0.1, 0.15) is 0 Å². The van der Waals surface area contributed by atoms with E-state index in [1.807, 2.05) is 19.1 Å².